The third kappa shape index (κ3) is 2.21. The van der Waals surface area contributed by atoms with Gasteiger partial charge in [0.15, 0.2) is 4.67 Å². The van der Waals surface area contributed by atoms with Crippen LogP contribution in [0.25, 0.3) is 0 Å². The first kappa shape index (κ1) is 11.8. The van der Waals surface area contributed by atoms with Crippen LogP contribution in [-0.4, -0.2) is 5.11 Å². The SMILES string of the molecule is OC(c1ccc(F)c(Br)c1)c1ccoc1Br. The molecule has 0 fully saturated rings. The van der Waals surface area contributed by atoms with Gasteiger partial charge >= 0.3 is 0 Å². The van der Waals surface area contributed by atoms with Crippen LogP contribution in [0.2, 0.25) is 0 Å². The topological polar surface area (TPSA) is 33.4 Å². The number of hydrogen-bond acceptors (Lipinski definition) is 2. The lowest BCUT2D eigenvalue weighted by Crippen LogP contribution is -1.99. The highest BCUT2D eigenvalue weighted by Crippen LogP contribution is 2.31. The molecule has 84 valence electrons. The molecule has 0 radical (unpaired) electrons. The molecule has 0 aliphatic heterocycles. The second-order valence-electron chi connectivity index (χ2n) is 3.23. The molecule has 0 bridgehead atoms. The zero-order valence-electron chi connectivity index (χ0n) is 7.95. The van der Waals surface area contributed by atoms with Crippen LogP contribution >= 0.6 is 31.9 Å². The zero-order valence-corrected chi connectivity index (χ0v) is 11.1. The van der Waals surface area contributed by atoms with E-state index in [1.807, 2.05) is 0 Å². The molecule has 0 amide bonds. The van der Waals surface area contributed by atoms with E-state index in [9.17, 15) is 9.50 Å². The molecule has 5 heteroatoms. The van der Waals surface area contributed by atoms with E-state index in [1.54, 1.807) is 12.1 Å². The predicted molar refractivity (Wildman–Crippen MR) is 64.6 cm³/mol. The van der Waals surface area contributed by atoms with Crippen molar-refractivity contribution < 1.29 is 13.9 Å². The van der Waals surface area contributed by atoms with Crippen LogP contribution in [0.15, 0.2) is 44.1 Å². The molecular weight excluding hydrogens is 343 g/mol. The van der Waals surface area contributed by atoms with E-state index in [-0.39, 0.29) is 5.82 Å². The summed E-state index contributed by atoms with van der Waals surface area (Å²) < 4.78 is 18.9. The maximum Gasteiger partial charge on any atom is 0.175 e. The van der Waals surface area contributed by atoms with Crippen molar-refractivity contribution in [1.82, 2.24) is 0 Å². The Balaban J connectivity index is 2.38. The van der Waals surface area contributed by atoms with Crippen molar-refractivity contribution in [2.24, 2.45) is 0 Å². The fraction of sp³-hybridized carbons (Fsp3) is 0.0909. The molecule has 1 aromatic carbocycles. The van der Waals surface area contributed by atoms with Gasteiger partial charge in [-0.2, -0.15) is 0 Å². The highest BCUT2D eigenvalue weighted by atomic mass is 79.9. The van der Waals surface area contributed by atoms with E-state index in [0.29, 0.717) is 20.3 Å². The summed E-state index contributed by atoms with van der Waals surface area (Å²) in [6, 6.07) is 6.03. The molecule has 1 aromatic heterocycles. The van der Waals surface area contributed by atoms with Gasteiger partial charge in [0.1, 0.15) is 11.9 Å². The van der Waals surface area contributed by atoms with Crippen molar-refractivity contribution in [3.8, 4) is 0 Å². The summed E-state index contributed by atoms with van der Waals surface area (Å²) in [6.45, 7) is 0. The normalized spacial score (nSPS) is 12.8. The number of benzene rings is 1. The molecule has 16 heavy (non-hydrogen) atoms. The first-order valence-corrected chi connectivity index (χ1v) is 6.04. The summed E-state index contributed by atoms with van der Waals surface area (Å²) >= 11 is 6.26. The van der Waals surface area contributed by atoms with Gasteiger partial charge in [0.05, 0.1) is 10.7 Å². The van der Waals surface area contributed by atoms with Gasteiger partial charge in [0.25, 0.3) is 0 Å². The Hall–Kier alpha value is -0.650. The molecule has 2 rings (SSSR count). The summed E-state index contributed by atoms with van der Waals surface area (Å²) in [7, 11) is 0. The van der Waals surface area contributed by atoms with Gasteiger partial charge in [-0.1, -0.05) is 6.07 Å². The van der Waals surface area contributed by atoms with Crippen LogP contribution in [0.1, 0.15) is 17.2 Å². The van der Waals surface area contributed by atoms with Gasteiger partial charge in [-0.05, 0) is 55.6 Å². The Morgan fingerprint density at radius 3 is 2.56 bits per heavy atom. The number of furan rings is 1. The van der Waals surface area contributed by atoms with Gasteiger partial charge in [-0.25, -0.2) is 4.39 Å². The van der Waals surface area contributed by atoms with E-state index in [4.69, 9.17) is 4.42 Å². The summed E-state index contributed by atoms with van der Waals surface area (Å²) in [5.74, 6) is -0.359. The largest absolute Gasteiger partial charge is 0.457 e. The number of aliphatic hydroxyl groups excluding tert-OH is 1. The summed E-state index contributed by atoms with van der Waals surface area (Å²) in [5, 5.41) is 10.0. The molecule has 2 nitrogen and oxygen atoms in total. The molecule has 2 aromatic rings. The predicted octanol–water partition coefficient (Wildman–Crippen LogP) is 4.03. The molecule has 0 saturated carbocycles. The number of hydrogen-bond donors (Lipinski definition) is 1. The lowest BCUT2D eigenvalue weighted by molar-refractivity contribution is 0.217. The average Bonchev–Trinajstić information content (AvgIpc) is 2.67. The van der Waals surface area contributed by atoms with Crippen molar-refractivity contribution in [3.05, 3.63) is 56.6 Å². The van der Waals surface area contributed by atoms with Crippen molar-refractivity contribution >= 4 is 31.9 Å². The summed E-state index contributed by atoms with van der Waals surface area (Å²) in [4.78, 5) is 0. The van der Waals surface area contributed by atoms with E-state index >= 15 is 0 Å². The average molecular weight is 350 g/mol. The first-order chi connectivity index (χ1) is 7.59. The van der Waals surface area contributed by atoms with Crippen LogP contribution in [0.4, 0.5) is 4.39 Å². The Morgan fingerprint density at radius 1 is 1.25 bits per heavy atom. The minimum atomic E-state index is -0.843. The Kier molecular flexibility index (Phi) is 3.47. The summed E-state index contributed by atoms with van der Waals surface area (Å²) in [5.41, 5.74) is 1.20. The van der Waals surface area contributed by atoms with Crippen molar-refractivity contribution in [1.29, 1.82) is 0 Å². The lowest BCUT2D eigenvalue weighted by atomic mass is 10.0. The highest BCUT2D eigenvalue weighted by molar-refractivity contribution is 9.10. The smallest absolute Gasteiger partial charge is 0.175 e. The minimum Gasteiger partial charge on any atom is -0.457 e. The zero-order chi connectivity index (χ0) is 11.7. The lowest BCUT2D eigenvalue weighted by Gasteiger charge is -2.10. The minimum absolute atomic E-state index is 0.323. The molecule has 1 unspecified atom stereocenters. The number of rotatable bonds is 2. The number of halogens is 3. The van der Waals surface area contributed by atoms with Crippen LogP contribution in [0.5, 0.6) is 0 Å². The van der Waals surface area contributed by atoms with Crippen LogP contribution in [0, 0.1) is 5.82 Å². The van der Waals surface area contributed by atoms with Crippen molar-refractivity contribution in [2.75, 3.05) is 0 Å². The summed E-state index contributed by atoms with van der Waals surface area (Å²) in [6.07, 6.45) is 0.631. The molecule has 1 heterocycles. The highest BCUT2D eigenvalue weighted by Gasteiger charge is 2.16. The Morgan fingerprint density at radius 2 is 2.00 bits per heavy atom. The molecule has 0 aliphatic rings. The molecule has 1 atom stereocenters. The maximum absolute atomic E-state index is 13.0. The van der Waals surface area contributed by atoms with Gasteiger partial charge in [0, 0.05) is 5.56 Å². The Bertz CT molecular complexity index is 510. The van der Waals surface area contributed by atoms with E-state index in [0.717, 1.165) is 0 Å². The van der Waals surface area contributed by atoms with Gasteiger partial charge in [-0.15, -0.1) is 0 Å². The molecular formula is C11H7Br2FO2. The Labute approximate surface area is 108 Å². The third-order valence-electron chi connectivity index (χ3n) is 2.20. The standard InChI is InChI=1S/C11H7Br2FO2/c12-8-5-6(1-2-9(8)14)10(15)7-3-4-16-11(7)13/h1-5,10,15H. The van der Waals surface area contributed by atoms with Gasteiger partial charge < -0.3 is 9.52 Å². The molecule has 0 saturated heterocycles. The monoisotopic (exact) mass is 348 g/mol. The molecule has 1 N–H and O–H groups in total. The fourth-order valence-corrected chi connectivity index (χ4v) is 2.21. The second kappa shape index (κ2) is 4.69. The van der Waals surface area contributed by atoms with E-state index in [2.05, 4.69) is 31.9 Å². The van der Waals surface area contributed by atoms with Gasteiger partial charge in [0.2, 0.25) is 0 Å². The van der Waals surface area contributed by atoms with Crippen LogP contribution < -0.4 is 0 Å². The third-order valence-corrected chi connectivity index (χ3v) is 3.45. The van der Waals surface area contributed by atoms with E-state index in [1.165, 1.54) is 18.4 Å². The van der Waals surface area contributed by atoms with Crippen molar-refractivity contribution in [3.63, 3.8) is 0 Å². The van der Waals surface area contributed by atoms with Crippen LogP contribution in [0.3, 0.4) is 0 Å². The second-order valence-corrected chi connectivity index (χ2v) is 4.80. The van der Waals surface area contributed by atoms with Crippen LogP contribution in [-0.2, 0) is 0 Å². The molecule has 0 spiro atoms. The quantitative estimate of drug-likeness (QED) is 0.888. The van der Waals surface area contributed by atoms with Crippen molar-refractivity contribution in [2.45, 2.75) is 6.10 Å². The van der Waals surface area contributed by atoms with E-state index < -0.39 is 6.10 Å². The number of aliphatic hydroxyl groups is 1. The fourth-order valence-electron chi connectivity index (χ4n) is 1.36. The van der Waals surface area contributed by atoms with Gasteiger partial charge in [-0.3, -0.25) is 0 Å². The maximum atomic E-state index is 13.0. The first-order valence-electron chi connectivity index (χ1n) is 4.45. The molecule has 0 aliphatic carbocycles.